The molecule has 2 aliphatic rings. The molecular weight excluding hydrogens is 5700 g/mol. The van der Waals surface area contributed by atoms with E-state index in [1.807, 2.05) is 6.92 Å². The van der Waals surface area contributed by atoms with Crippen molar-refractivity contribution < 1.29 is 70.0 Å². The number of ether oxygens (including phenoxy) is 2. The third-order valence-corrected chi connectivity index (χ3v) is 2410. The van der Waals surface area contributed by atoms with E-state index in [-0.39, 0.29) is 142 Å². The van der Waals surface area contributed by atoms with E-state index >= 15 is 0 Å². The van der Waals surface area contributed by atoms with Crippen molar-refractivity contribution in [2.24, 2.45) is 20.7 Å². The van der Waals surface area contributed by atoms with Gasteiger partial charge in [0, 0.05) is 19.6 Å². The minimum atomic E-state index is -4.30. The Labute approximate surface area is 894 Å². The summed E-state index contributed by atoms with van der Waals surface area (Å²) in [4.78, 5) is 90.1. The maximum Gasteiger partial charge on any atom is 0.323 e. The van der Waals surface area contributed by atoms with E-state index in [4.69, 9.17) is 9.94 Å². The number of unbranched alkanes of at least 4 members (excludes halogenated alkanes) is 9. The molecule has 0 unspecified atom stereocenters. The van der Waals surface area contributed by atoms with Crippen molar-refractivity contribution in [1.29, 1.82) is 0 Å². The summed E-state index contributed by atoms with van der Waals surface area (Å²) in [5.74, 6) is 0.0981. The first-order chi connectivity index (χ1) is 49.8. The maximum atomic E-state index is 12.5. The van der Waals surface area contributed by atoms with Crippen LogP contribution >= 0.6 is 545 Å². The van der Waals surface area contributed by atoms with E-state index in [1.54, 1.807) is 0 Å². The molecule has 0 bridgehead atoms. The van der Waals surface area contributed by atoms with Crippen LogP contribution in [0.2, 0.25) is 0 Å². The zero-order valence-corrected chi connectivity index (χ0v) is 136. The van der Waals surface area contributed by atoms with Crippen LogP contribution in [0, 0.1) is 9.81 Å². The molecule has 2 fully saturated rings. The Morgan fingerprint density at radius 1 is 0.500 bits per heavy atom. The molecule has 2 aromatic heterocycles. The summed E-state index contributed by atoms with van der Waals surface area (Å²) in [6, 6.07) is 5.37. The van der Waals surface area contributed by atoms with Crippen molar-refractivity contribution >= 4 is 589 Å². The standard InChI is InChI=1S/C17H21N3O7S2.C10H15N3O4S.C10H17NO2S.C4H4O3S.I19.I18/c1-3-4-5-6-11-20-16(21)14(18-23)28-15(17(20)22)19-27-29(24,25)13-9-7-12(26-2)8-10-13;1-2-3-4-5-6-13-9(14)7(11-16)18-8(12-17)10(13)15;1-2-3-4-5-6-11-9(12)7-14-8-10(11)13;5-3-1-8-2-4(6)7-3;1-11-13(4)15(6)17(8)19(10)18(9)16(7)14(5)12(2)3;1-11(2)13(5)15(7)17(9)18(10)16(8)14(6)12(3)4/h7-10,21H,3-6,11H2,1-2H3;14,17H,2-6H2,1H3;2-8H2,1H3;1-2H2;;/q;;;;-1;/b19-15-;12-8-;;;;. The molecule has 2 saturated heterocycles. The first-order valence-corrected chi connectivity index (χ1v) is 252. The van der Waals surface area contributed by atoms with Gasteiger partial charge in [-0.1, -0.05) is 106 Å². The minimum Gasteiger partial charge on any atom is -0.392 e. The van der Waals surface area contributed by atoms with Crippen LogP contribution in [0.3, 0.4) is 0 Å². The van der Waals surface area contributed by atoms with Gasteiger partial charge in [-0.2, -0.15) is 8.42 Å². The number of hydrogen-bond donors (Lipinski definition) is 3. The van der Waals surface area contributed by atoms with Crippen molar-refractivity contribution in [3.63, 3.8) is 0 Å². The van der Waals surface area contributed by atoms with Crippen molar-refractivity contribution in [3.8, 4) is 17.5 Å². The number of cyclic esters (lactones) is 2. The number of methoxy groups -OCH3 is 1. The summed E-state index contributed by atoms with van der Waals surface area (Å²) in [5.41, 5.74) is -1.40. The van der Waals surface area contributed by atoms with Gasteiger partial charge in [-0.25, -0.2) is 0 Å². The van der Waals surface area contributed by atoms with Gasteiger partial charge < -0.3 is 24.9 Å². The van der Waals surface area contributed by atoms with E-state index in [9.17, 15) is 57.2 Å². The molecule has 0 spiro atoms. The zero-order valence-electron chi connectivity index (χ0n) is 52.5. The topological polar surface area (TPSA) is 322 Å². The van der Waals surface area contributed by atoms with E-state index in [0.717, 1.165) is 60.5 Å². The van der Waals surface area contributed by atoms with Crippen LogP contribution in [0.25, 0.3) is 0 Å². The molecule has 642 valence electrons. The molecule has 2 amide bonds. The fourth-order valence-electron chi connectivity index (χ4n) is 6.19. The fraction of sp³-hybridized carbons (Fsp3) is 0.561. The van der Waals surface area contributed by atoms with Crippen molar-refractivity contribution in [1.82, 2.24) is 14.0 Å². The van der Waals surface area contributed by atoms with Gasteiger partial charge >= 0.3 is 534 Å². The van der Waals surface area contributed by atoms with Crippen LogP contribution in [0.5, 0.6) is 17.5 Å². The second kappa shape index (κ2) is 76.4. The summed E-state index contributed by atoms with van der Waals surface area (Å²) in [7, 11) is -8.98. The number of thioether (sulfide) groups is 2. The summed E-state index contributed by atoms with van der Waals surface area (Å²) in [5, 5.41) is 39.3. The van der Waals surface area contributed by atoms with Gasteiger partial charge in [-0.15, -0.1) is 33.3 Å². The first-order valence-electron chi connectivity index (χ1n) is 26.7. The number of benzene rings is 1. The average molecular weight is 5760 g/mol. The van der Waals surface area contributed by atoms with Crippen LogP contribution in [0.4, 0.5) is 10.0 Å². The van der Waals surface area contributed by atoms with Gasteiger partial charge in [-0.05, 0) is 59.0 Å². The molecule has 5 rings (SSSR count). The number of nitrogens with zero attached hydrogens (tertiary/aromatic N) is 7. The van der Waals surface area contributed by atoms with Crippen LogP contribution < -0.4 is 38.5 Å². The van der Waals surface area contributed by atoms with Gasteiger partial charge in [0.2, 0.25) is 42.9 Å². The molecule has 0 saturated carbocycles. The normalized spacial score (nSPS) is 15.3. The molecule has 65 heteroatoms. The predicted molar refractivity (Wildman–Crippen MR) is 765 cm³/mol. The predicted octanol–water partition coefficient (Wildman–Crippen LogP) is 35.1. The van der Waals surface area contributed by atoms with Gasteiger partial charge in [0.1, 0.15) is 10.6 Å². The van der Waals surface area contributed by atoms with E-state index in [0.29, 0.717) is 84.1 Å². The summed E-state index contributed by atoms with van der Waals surface area (Å²) in [6.45, 7) is 7.26. The third-order valence-electron chi connectivity index (χ3n) is 10.6. The summed E-state index contributed by atoms with van der Waals surface area (Å²) < 4.78 is 39.6. The number of aromatic hydroxyl groups is 2. The number of imide groups is 1. The molecule has 3 N–H and O–H groups in total. The van der Waals surface area contributed by atoms with E-state index in [1.165, 1.54) is 72.6 Å². The molecule has 3 aromatic rings. The van der Waals surface area contributed by atoms with Gasteiger partial charge in [0.25, 0.3) is 11.1 Å². The number of hydrogen-bond acceptors (Lipinski definition) is 24. The zero-order chi connectivity index (χ0) is 81.3. The summed E-state index contributed by atoms with van der Waals surface area (Å²) >= 11 is 64.6. The number of carbonyl (C=O) groups excluding carboxylic acids is 4. The van der Waals surface area contributed by atoms with Crippen molar-refractivity contribution in [2.45, 2.75) is 116 Å². The third kappa shape index (κ3) is 53.1. The Morgan fingerprint density at radius 2 is 0.840 bits per heavy atom. The largest absolute Gasteiger partial charge is 0.392 e. The first kappa shape index (κ1) is 128. The molecule has 106 heavy (non-hydrogen) atoms. The van der Waals surface area contributed by atoms with Gasteiger partial charge in [0.15, 0.2) is 0 Å². The Balaban J connectivity index is 0.00000129. The molecule has 0 atom stereocenters. The van der Waals surface area contributed by atoms with Crippen LogP contribution in [0.15, 0.2) is 59.4 Å². The Kier molecular flexibility index (Phi) is 92.0. The molecule has 0 aliphatic carbocycles. The Morgan fingerprint density at radius 3 is 1.16 bits per heavy atom. The number of amides is 2. The molecule has 1 aromatic carbocycles. The second-order valence-electron chi connectivity index (χ2n) is 17.2. The summed E-state index contributed by atoms with van der Waals surface area (Å²) in [6.07, 6.45) is 11.4. The van der Waals surface area contributed by atoms with Crippen LogP contribution in [0.1, 0.15) is 97.8 Å². The molecule has 0 radical (unpaired) electrons. The minimum absolute atomic E-state index is 0.0113. The number of halogens is 37. The van der Waals surface area contributed by atoms with E-state index in [2.05, 4.69) is 416 Å². The molecule has 23 nitrogen and oxygen atoms in total. The Hall–Kier alpha value is 21.6. The Bertz CT molecular complexity index is 3490. The van der Waals surface area contributed by atoms with Crippen LogP contribution in [-0.4, -0.2) is 98.3 Å². The number of nitroso groups, excluding NO2 is 2. The van der Waals surface area contributed by atoms with Gasteiger partial charge in [0.05, 0.1) is 30.1 Å². The number of esters is 2. The quantitative estimate of drug-likeness (QED) is 0.00712. The van der Waals surface area contributed by atoms with Crippen molar-refractivity contribution in [3.05, 3.63) is 64.1 Å². The number of carbonyl (C=O) groups is 4. The van der Waals surface area contributed by atoms with Gasteiger partial charge in [-0.3, -0.25) is 47.1 Å². The average Bonchev–Trinajstić information content (AvgIpc) is 0.810. The second-order valence-corrected chi connectivity index (χ2v) is 819. The van der Waals surface area contributed by atoms with Crippen LogP contribution in [-0.2, 0) is 51.4 Å². The smallest absolute Gasteiger partial charge is 0.323 e. The number of aromatic nitrogens is 2. The molecule has 2 aliphatic heterocycles. The molecule has 4 heterocycles. The molecular formula is C41H57I37N7O16S5-. The van der Waals surface area contributed by atoms with Crippen molar-refractivity contribution in [2.75, 3.05) is 36.7 Å². The monoisotopic (exact) mass is 5760 g/mol. The number of rotatable bonds is 36. The van der Waals surface area contributed by atoms with E-state index < -0.39 is 78.3 Å². The SMILES string of the molecule is CCCCCCN1C(=O)CSCC1=O.CCCCCCn1c(O)c(N=O)s/c(=N\O)c1=O.CCCCCCn1c(O)c(N=O)s/c(=N\OS(=O)(=O)c2ccc(OC)cc2)c1=O.II(I)I(I)I(I)I(I)I(I)I(I)I(I)I(I)I.I[I-]I(I)I(I)I(I)I(I)I(I)I(I)I(I)I(I)I.O=C1CSCC(=O)O1. The maximum absolute atomic E-state index is 12.5. The fourth-order valence-corrected chi connectivity index (χ4v) is 5250.